The molecule has 0 aliphatic heterocycles. The van der Waals surface area contributed by atoms with E-state index in [1.807, 2.05) is 42.5 Å². The second-order valence-corrected chi connectivity index (χ2v) is 7.42. The van der Waals surface area contributed by atoms with Crippen LogP contribution in [0.4, 0.5) is 0 Å². The second-order valence-electron chi connectivity index (χ2n) is 7.42. The summed E-state index contributed by atoms with van der Waals surface area (Å²) in [5.41, 5.74) is 3.48. The highest BCUT2D eigenvalue weighted by Crippen LogP contribution is 2.28. The molecule has 1 N–H and O–H groups in total. The second kappa shape index (κ2) is 10.5. The van der Waals surface area contributed by atoms with E-state index in [0.717, 1.165) is 16.8 Å². The molecular weight excluding hydrogens is 408 g/mol. The molecule has 0 saturated carbocycles. The lowest BCUT2D eigenvalue weighted by Gasteiger charge is -2.20. The minimum Gasteiger partial charge on any atom is -0.489 e. The third kappa shape index (κ3) is 5.29. The largest absolute Gasteiger partial charge is 0.489 e. The Morgan fingerprint density at radius 3 is 2.22 bits per heavy atom. The average molecular weight is 434 g/mol. The highest BCUT2D eigenvalue weighted by molar-refractivity contribution is 6.23. The van der Waals surface area contributed by atoms with Gasteiger partial charge in [-0.2, -0.15) is 0 Å². The van der Waals surface area contributed by atoms with Gasteiger partial charge in [0.2, 0.25) is 29.0 Å². The minimum absolute atomic E-state index is 0.0420. The fourth-order valence-electron chi connectivity index (χ4n) is 3.47. The van der Waals surface area contributed by atoms with Crippen molar-refractivity contribution in [3.8, 4) is 0 Å². The number of rotatable bonds is 9. The number of Topliss-reactive ketones (excluding diaryl/α,β-unsaturated/α-hetero) is 2. The van der Waals surface area contributed by atoms with E-state index in [9.17, 15) is 14.4 Å². The molecule has 7 heteroatoms. The van der Waals surface area contributed by atoms with Gasteiger partial charge in [0.1, 0.15) is 0 Å². The van der Waals surface area contributed by atoms with E-state index in [4.69, 9.17) is 9.47 Å². The molecule has 0 unspecified atom stereocenters. The maximum absolute atomic E-state index is 12.8. The zero-order valence-electron chi connectivity index (χ0n) is 18.4. The van der Waals surface area contributed by atoms with Crippen molar-refractivity contribution in [3.63, 3.8) is 0 Å². The van der Waals surface area contributed by atoms with E-state index in [0.29, 0.717) is 37.0 Å². The van der Waals surface area contributed by atoms with Crippen molar-refractivity contribution in [1.29, 1.82) is 0 Å². The topological polar surface area (TPSA) is 94.6 Å². The number of carbonyl (C=O) groups excluding carboxylic acids is 3. The van der Waals surface area contributed by atoms with Gasteiger partial charge in [-0.1, -0.05) is 30.3 Å². The fraction of sp³-hybridized carbons (Fsp3) is 0.280. The van der Waals surface area contributed by atoms with Gasteiger partial charge in [0, 0.05) is 30.2 Å². The zero-order valence-corrected chi connectivity index (χ0v) is 18.4. The van der Waals surface area contributed by atoms with E-state index in [1.54, 1.807) is 13.1 Å². The summed E-state index contributed by atoms with van der Waals surface area (Å²) in [5.74, 6) is -0.844. The van der Waals surface area contributed by atoms with E-state index in [2.05, 4.69) is 10.3 Å². The normalized spacial score (nSPS) is 14.0. The Kier molecular flexibility index (Phi) is 7.54. The first-order valence-corrected chi connectivity index (χ1v) is 10.3. The van der Waals surface area contributed by atoms with Gasteiger partial charge in [-0.05, 0) is 36.6 Å². The molecule has 0 bridgehead atoms. The Balaban J connectivity index is 1.58. The van der Waals surface area contributed by atoms with Crippen LogP contribution in [0.1, 0.15) is 30.2 Å². The zero-order chi connectivity index (χ0) is 23.1. The number of pyridine rings is 1. The van der Waals surface area contributed by atoms with Crippen molar-refractivity contribution in [1.82, 2.24) is 10.3 Å². The van der Waals surface area contributed by atoms with Gasteiger partial charge in [-0.3, -0.25) is 19.4 Å². The summed E-state index contributed by atoms with van der Waals surface area (Å²) in [5, 5.41) is 2.86. The van der Waals surface area contributed by atoms with Gasteiger partial charge >= 0.3 is 0 Å². The highest BCUT2D eigenvalue weighted by atomic mass is 16.5. The Morgan fingerprint density at radius 1 is 0.938 bits per heavy atom. The summed E-state index contributed by atoms with van der Waals surface area (Å²) in [6.45, 7) is 2.03. The Bertz CT molecular complexity index is 1070. The molecule has 1 amide bonds. The number of aromatic nitrogens is 1. The smallest absolute Gasteiger partial charge is 0.228 e. The third-order valence-corrected chi connectivity index (χ3v) is 5.33. The number of ether oxygens (including phenoxy) is 2. The predicted molar refractivity (Wildman–Crippen MR) is 118 cm³/mol. The molecule has 1 aliphatic rings. The quantitative estimate of drug-likeness (QED) is 0.610. The van der Waals surface area contributed by atoms with Gasteiger partial charge < -0.3 is 14.8 Å². The molecule has 0 fully saturated rings. The first-order chi connectivity index (χ1) is 15.4. The first-order valence-electron chi connectivity index (χ1n) is 10.3. The molecule has 166 valence electrons. The van der Waals surface area contributed by atoms with Crippen LogP contribution in [0.3, 0.4) is 0 Å². The number of ketones is 2. The predicted octanol–water partition coefficient (Wildman–Crippen LogP) is 2.85. The van der Waals surface area contributed by atoms with Crippen LogP contribution in [0.25, 0.3) is 0 Å². The van der Waals surface area contributed by atoms with Gasteiger partial charge in [-0.25, -0.2) is 0 Å². The van der Waals surface area contributed by atoms with E-state index in [-0.39, 0.29) is 29.0 Å². The van der Waals surface area contributed by atoms with E-state index >= 15 is 0 Å². The molecule has 0 atom stereocenters. The molecule has 0 saturated heterocycles. The van der Waals surface area contributed by atoms with Crippen LogP contribution >= 0.6 is 0 Å². The number of nitrogens with zero attached hydrogens (tertiary/aromatic N) is 1. The number of hydrogen-bond acceptors (Lipinski definition) is 6. The number of aryl methyl sites for hydroxylation is 1. The molecular formula is C25H26N2O5. The summed E-state index contributed by atoms with van der Waals surface area (Å²) >= 11 is 0. The molecule has 1 heterocycles. The summed E-state index contributed by atoms with van der Waals surface area (Å²) in [4.78, 5) is 41.5. The van der Waals surface area contributed by atoms with Gasteiger partial charge in [0.05, 0.1) is 26.5 Å². The molecule has 3 rings (SSSR count). The van der Waals surface area contributed by atoms with E-state index < -0.39 is 0 Å². The number of methoxy groups -OCH3 is 2. The number of hydrogen-bond donors (Lipinski definition) is 1. The maximum atomic E-state index is 12.8. The van der Waals surface area contributed by atoms with Gasteiger partial charge in [0.25, 0.3) is 0 Å². The van der Waals surface area contributed by atoms with Crippen molar-refractivity contribution in [2.75, 3.05) is 14.2 Å². The maximum Gasteiger partial charge on any atom is 0.228 e. The summed E-state index contributed by atoms with van der Waals surface area (Å²) < 4.78 is 10.2. The van der Waals surface area contributed by atoms with Crippen molar-refractivity contribution >= 4 is 17.5 Å². The lowest BCUT2D eigenvalue weighted by atomic mass is 9.88. The standard InChI is InChI=1S/C25H26N2O5/c1-16-20(23(30)25(32-3)24(31-2)22(16)29)14-18-9-7-17(8-10-18)11-12-21(28)27-15-19-6-4-5-13-26-19/h4-10,13H,11-12,14-15H2,1-3H3,(H,27,28). The number of carbonyl (C=O) groups is 3. The molecule has 32 heavy (non-hydrogen) atoms. The van der Waals surface area contributed by atoms with Crippen LogP contribution in [-0.4, -0.2) is 36.7 Å². The lowest BCUT2D eigenvalue weighted by Crippen LogP contribution is -2.26. The van der Waals surface area contributed by atoms with E-state index in [1.165, 1.54) is 14.2 Å². The average Bonchev–Trinajstić information content (AvgIpc) is 2.82. The first kappa shape index (κ1) is 22.9. The molecule has 0 spiro atoms. The van der Waals surface area contributed by atoms with Crippen LogP contribution < -0.4 is 5.32 Å². The lowest BCUT2D eigenvalue weighted by molar-refractivity contribution is -0.121. The van der Waals surface area contributed by atoms with Crippen LogP contribution in [-0.2, 0) is 43.2 Å². The van der Waals surface area contributed by atoms with Crippen molar-refractivity contribution in [2.45, 2.75) is 32.7 Å². The molecule has 1 aromatic heterocycles. The SMILES string of the molecule is COC1=C(OC)C(=O)C(Cc2ccc(CCC(=O)NCc3ccccn3)cc2)=C(C)C1=O. The summed E-state index contributed by atoms with van der Waals surface area (Å²) in [6, 6.07) is 13.2. The van der Waals surface area contributed by atoms with Crippen LogP contribution in [0, 0.1) is 0 Å². The van der Waals surface area contributed by atoms with Crippen LogP contribution in [0.2, 0.25) is 0 Å². The highest BCUT2D eigenvalue weighted by Gasteiger charge is 2.34. The Labute approximate surface area is 187 Å². The van der Waals surface area contributed by atoms with Crippen LogP contribution in [0.15, 0.2) is 71.3 Å². The number of benzene rings is 1. The Hall–Kier alpha value is -3.74. The summed E-state index contributed by atoms with van der Waals surface area (Å²) in [7, 11) is 2.69. The van der Waals surface area contributed by atoms with Gasteiger partial charge in [0.15, 0.2) is 0 Å². The van der Waals surface area contributed by atoms with Crippen molar-refractivity contribution in [3.05, 3.63) is 88.1 Å². The minimum atomic E-state index is -0.340. The number of nitrogens with one attached hydrogen (secondary N) is 1. The monoisotopic (exact) mass is 434 g/mol. The molecule has 0 radical (unpaired) electrons. The van der Waals surface area contributed by atoms with Crippen molar-refractivity contribution in [2.24, 2.45) is 0 Å². The fourth-order valence-corrected chi connectivity index (χ4v) is 3.47. The third-order valence-electron chi connectivity index (χ3n) is 5.33. The molecule has 7 nitrogen and oxygen atoms in total. The molecule has 1 aromatic carbocycles. The number of allylic oxidation sites excluding steroid dienone is 2. The van der Waals surface area contributed by atoms with Gasteiger partial charge in [-0.15, -0.1) is 0 Å². The molecule has 2 aromatic rings. The number of amides is 1. The molecule has 1 aliphatic carbocycles. The van der Waals surface area contributed by atoms with Crippen LogP contribution in [0.5, 0.6) is 0 Å². The Morgan fingerprint density at radius 2 is 1.59 bits per heavy atom. The van der Waals surface area contributed by atoms with Crippen molar-refractivity contribution < 1.29 is 23.9 Å². The summed E-state index contributed by atoms with van der Waals surface area (Å²) in [6.07, 6.45) is 2.97.